The molecule has 1 amide bonds. The van der Waals surface area contributed by atoms with E-state index < -0.39 is 0 Å². The molecule has 1 N–H and O–H groups in total. The van der Waals surface area contributed by atoms with Crippen molar-refractivity contribution in [2.24, 2.45) is 0 Å². The number of nitrogens with zero attached hydrogens (tertiary/aromatic N) is 2. The molecule has 1 atom stereocenters. The Hall–Kier alpha value is -2.67. The highest BCUT2D eigenvalue weighted by atomic mass is 35.5. The second-order valence-corrected chi connectivity index (χ2v) is 7.18. The maximum Gasteiger partial charge on any atom is 0.287 e. The van der Waals surface area contributed by atoms with Crippen LogP contribution in [0.5, 0.6) is 0 Å². The summed E-state index contributed by atoms with van der Waals surface area (Å²) < 4.78 is 11.2. The molecular weight excluding hydrogens is 390 g/mol. The Labute approximate surface area is 174 Å². The molecule has 0 unspecified atom stereocenters. The predicted molar refractivity (Wildman–Crippen MR) is 111 cm³/mol. The number of carbonyl (C=O) groups is 1. The van der Waals surface area contributed by atoms with Crippen LogP contribution in [-0.2, 0) is 4.74 Å². The number of halogens is 1. The van der Waals surface area contributed by atoms with Gasteiger partial charge in [-0.2, -0.15) is 0 Å². The molecule has 150 valence electrons. The first kappa shape index (κ1) is 19.6. The Balaban J connectivity index is 1.46. The fraction of sp³-hybridized carbons (Fsp3) is 0.273. The molecule has 1 aromatic carbocycles. The average molecular weight is 412 g/mol. The first-order valence-corrected chi connectivity index (χ1v) is 9.96. The molecule has 0 saturated carbocycles. The summed E-state index contributed by atoms with van der Waals surface area (Å²) in [5.41, 5.74) is 1.68. The van der Waals surface area contributed by atoms with Gasteiger partial charge < -0.3 is 14.5 Å². The minimum Gasteiger partial charge on any atom is -0.451 e. The highest BCUT2D eigenvalue weighted by Gasteiger charge is 2.25. The number of hydrogen-bond acceptors (Lipinski definition) is 5. The molecule has 1 aliphatic heterocycles. The van der Waals surface area contributed by atoms with Crippen molar-refractivity contribution in [1.82, 2.24) is 15.2 Å². The van der Waals surface area contributed by atoms with Crippen molar-refractivity contribution in [3.8, 4) is 11.3 Å². The number of pyridine rings is 1. The summed E-state index contributed by atoms with van der Waals surface area (Å²) in [6.45, 7) is 3.38. The van der Waals surface area contributed by atoms with Crippen LogP contribution >= 0.6 is 11.6 Å². The van der Waals surface area contributed by atoms with E-state index in [0.717, 1.165) is 24.3 Å². The SMILES string of the molecule is O=C(NC[C@@H](c1ccccn1)N1CCOCC1)c1ccc(-c2ccccc2Cl)o1. The lowest BCUT2D eigenvalue weighted by Crippen LogP contribution is -2.44. The summed E-state index contributed by atoms with van der Waals surface area (Å²) in [6.07, 6.45) is 1.77. The zero-order valence-electron chi connectivity index (χ0n) is 15.9. The van der Waals surface area contributed by atoms with Crippen LogP contribution in [0.15, 0.2) is 65.2 Å². The minimum atomic E-state index is -0.266. The summed E-state index contributed by atoms with van der Waals surface area (Å²) in [5, 5.41) is 3.57. The number of nitrogens with one attached hydrogen (secondary N) is 1. The van der Waals surface area contributed by atoms with Gasteiger partial charge in [-0.3, -0.25) is 14.7 Å². The minimum absolute atomic E-state index is 0.0259. The Morgan fingerprint density at radius 1 is 1.10 bits per heavy atom. The van der Waals surface area contributed by atoms with Crippen LogP contribution in [-0.4, -0.2) is 48.6 Å². The van der Waals surface area contributed by atoms with Gasteiger partial charge in [0.25, 0.3) is 5.91 Å². The van der Waals surface area contributed by atoms with Crippen molar-refractivity contribution in [2.45, 2.75) is 6.04 Å². The summed E-state index contributed by atoms with van der Waals surface area (Å²) in [6, 6.07) is 16.6. The molecule has 0 bridgehead atoms. The molecule has 0 aliphatic carbocycles. The zero-order valence-corrected chi connectivity index (χ0v) is 16.6. The Morgan fingerprint density at radius 2 is 1.90 bits per heavy atom. The van der Waals surface area contributed by atoms with Gasteiger partial charge in [-0.25, -0.2) is 0 Å². The highest BCUT2D eigenvalue weighted by Crippen LogP contribution is 2.29. The molecule has 29 heavy (non-hydrogen) atoms. The summed E-state index contributed by atoms with van der Waals surface area (Å²) >= 11 is 6.22. The lowest BCUT2D eigenvalue weighted by molar-refractivity contribution is 0.0153. The van der Waals surface area contributed by atoms with E-state index in [0.29, 0.717) is 30.5 Å². The average Bonchev–Trinajstić information content (AvgIpc) is 3.26. The van der Waals surface area contributed by atoms with Gasteiger partial charge >= 0.3 is 0 Å². The van der Waals surface area contributed by atoms with Crippen molar-refractivity contribution in [3.05, 3.63) is 77.3 Å². The zero-order chi connectivity index (χ0) is 20.1. The molecule has 3 heterocycles. The molecule has 6 nitrogen and oxygen atoms in total. The second-order valence-electron chi connectivity index (χ2n) is 6.77. The number of furan rings is 1. The van der Waals surface area contributed by atoms with Gasteiger partial charge in [0.1, 0.15) is 5.76 Å². The normalized spacial score (nSPS) is 15.8. The lowest BCUT2D eigenvalue weighted by atomic mass is 10.1. The van der Waals surface area contributed by atoms with Crippen LogP contribution in [0.1, 0.15) is 22.3 Å². The molecule has 1 saturated heterocycles. The number of hydrogen-bond donors (Lipinski definition) is 1. The maximum absolute atomic E-state index is 12.7. The number of amides is 1. The molecule has 0 spiro atoms. The van der Waals surface area contributed by atoms with Gasteiger partial charge in [-0.1, -0.05) is 29.8 Å². The quantitative estimate of drug-likeness (QED) is 0.668. The Morgan fingerprint density at radius 3 is 2.66 bits per heavy atom. The van der Waals surface area contributed by atoms with Crippen molar-refractivity contribution in [3.63, 3.8) is 0 Å². The third-order valence-electron chi connectivity index (χ3n) is 4.94. The standard InChI is InChI=1S/C22H22ClN3O3/c23-17-6-2-1-5-16(17)20-8-9-21(29-20)22(27)25-15-19(18-7-3-4-10-24-18)26-11-13-28-14-12-26/h1-10,19H,11-15H2,(H,25,27)/t19-/m0/s1. The van der Waals surface area contributed by atoms with Gasteiger partial charge in [-0.05, 0) is 36.4 Å². The third kappa shape index (κ3) is 4.67. The molecule has 0 radical (unpaired) electrons. The smallest absolute Gasteiger partial charge is 0.287 e. The molecule has 7 heteroatoms. The van der Waals surface area contributed by atoms with Crippen LogP contribution in [0.4, 0.5) is 0 Å². The number of ether oxygens (including phenoxy) is 1. The molecule has 4 rings (SSSR count). The van der Waals surface area contributed by atoms with Gasteiger partial charge in [0.2, 0.25) is 0 Å². The number of carbonyl (C=O) groups excluding carboxylic acids is 1. The van der Waals surface area contributed by atoms with E-state index in [1.54, 1.807) is 24.4 Å². The van der Waals surface area contributed by atoms with Gasteiger partial charge in [0, 0.05) is 31.4 Å². The summed E-state index contributed by atoms with van der Waals surface area (Å²) in [5.74, 6) is 0.550. The summed E-state index contributed by atoms with van der Waals surface area (Å²) in [4.78, 5) is 19.5. The molecular formula is C22H22ClN3O3. The number of morpholine rings is 1. The number of rotatable bonds is 6. The first-order chi connectivity index (χ1) is 14.2. The molecule has 1 fully saturated rings. The molecule has 1 aliphatic rings. The van der Waals surface area contributed by atoms with Crippen molar-refractivity contribution in [2.75, 3.05) is 32.8 Å². The van der Waals surface area contributed by atoms with Crippen molar-refractivity contribution in [1.29, 1.82) is 0 Å². The predicted octanol–water partition coefficient (Wildman–Crippen LogP) is 3.80. The van der Waals surface area contributed by atoms with E-state index in [1.165, 1.54) is 0 Å². The lowest BCUT2D eigenvalue weighted by Gasteiger charge is -2.34. The van der Waals surface area contributed by atoms with Crippen LogP contribution in [0.25, 0.3) is 11.3 Å². The van der Waals surface area contributed by atoms with E-state index in [-0.39, 0.29) is 17.7 Å². The van der Waals surface area contributed by atoms with Crippen LogP contribution < -0.4 is 5.32 Å². The monoisotopic (exact) mass is 411 g/mol. The number of benzene rings is 1. The Kier molecular flexibility index (Phi) is 6.24. The van der Waals surface area contributed by atoms with E-state index in [4.69, 9.17) is 20.8 Å². The van der Waals surface area contributed by atoms with Crippen LogP contribution in [0.3, 0.4) is 0 Å². The fourth-order valence-corrected chi connectivity index (χ4v) is 3.65. The van der Waals surface area contributed by atoms with E-state index in [1.807, 2.05) is 36.4 Å². The van der Waals surface area contributed by atoms with Crippen molar-refractivity contribution < 1.29 is 13.9 Å². The largest absolute Gasteiger partial charge is 0.451 e. The van der Waals surface area contributed by atoms with Gasteiger partial charge in [-0.15, -0.1) is 0 Å². The maximum atomic E-state index is 12.7. The fourth-order valence-electron chi connectivity index (χ4n) is 3.43. The highest BCUT2D eigenvalue weighted by molar-refractivity contribution is 6.33. The van der Waals surface area contributed by atoms with Gasteiger partial charge in [0.15, 0.2) is 5.76 Å². The molecule has 2 aromatic heterocycles. The van der Waals surface area contributed by atoms with Crippen LogP contribution in [0, 0.1) is 0 Å². The Bertz CT molecular complexity index is 955. The first-order valence-electron chi connectivity index (χ1n) is 9.58. The van der Waals surface area contributed by atoms with E-state index >= 15 is 0 Å². The topological polar surface area (TPSA) is 67.6 Å². The number of aromatic nitrogens is 1. The van der Waals surface area contributed by atoms with E-state index in [9.17, 15) is 4.79 Å². The van der Waals surface area contributed by atoms with E-state index in [2.05, 4.69) is 15.2 Å². The molecule has 3 aromatic rings. The van der Waals surface area contributed by atoms with Gasteiger partial charge in [0.05, 0.1) is 30.0 Å². The van der Waals surface area contributed by atoms with Crippen LogP contribution in [0.2, 0.25) is 5.02 Å². The second kappa shape index (κ2) is 9.22. The third-order valence-corrected chi connectivity index (χ3v) is 5.27. The summed E-state index contributed by atoms with van der Waals surface area (Å²) in [7, 11) is 0. The van der Waals surface area contributed by atoms with Crippen molar-refractivity contribution >= 4 is 17.5 Å².